The zero-order valence-corrected chi connectivity index (χ0v) is 28.4. The molecule has 46 heavy (non-hydrogen) atoms. The molecule has 4 aliphatic rings. The molecule has 1 saturated carbocycles. The van der Waals surface area contributed by atoms with Crippen LogP contribution >= 0.6 is 22.9 Å². The molecule has 6 atom stereocenters. The molecule has 1 fully saturated rings. The normalized spacial score (nSPS) is 31.4. The number of hydrogen-bond acceptors (Lipinski definition) is 7. The van der Waals surface area contributed by atoms with Crippen molar-refractivity contribution < 1.29 is 23.1 Å². The fourth-order valence-corrected chi connectivity index (χ4v) is 10.6. The number of thiophene rings is 1. The zero-order chi connectivity index (χ0) is 32.1. The Morgan fingerprint density at radius 2 is 2.04 bits per heavy atom. The van der Waals surface area contributed by atoms with Gasteiger partial charge in [0.05, 0.1) is 23.6 Å². The van der Waals surface area contributed by atoms with Crippen LogP contribution < -0.4 is 14.4 Å². The SMILES string of the molecule is C[C@H]1C/C=C\[C@H](O)[C@@H]2CC[C@H]2CN2C[C@@]3(CCCc4cc(Cl)ccc43)COc3ccc(cc32)C(=O)NS(=O)(=O)[C@H]1Cc1ccsc1. The van der Waals surface area contributed by atoms with Gasteiger partial charge < -0.3 is 14.7 Å². The lowest BCUT2D eigenvalue weighted by molar-refractivity contribution is 0.0456. The Kier molecular flexibility index (Phi) is 8.72. The molecule has 2 aliphatic carbocycles. The number of halogens is 1. The fraction of sp³-hybridized carbons (Fsp3) is 0.472. The van der Waals surface area contributed by atoms with Crippen LogP contribution in [-0.4, -0.2) is 50.5 Å². The predicted molar refractivity (Wildman–Crippen MR) is 184 cm³/mol. The second-order valence-electron chi connectivity index (χ2n) is 13.8. The van der Waals surface area contributed by atoms with Crippen molar-refractivity contribution in [2.75, 3.05) is 24.6 Å². The fourth-order valence-electron chi connectivity index (χ4n) is 8.06. The van der Waals surface area contributed by atoms with Crippen molar-refractivity contribution in [1.29, 1.82) is 0 Å². The van der Waals surface area contributed by atoms with Crippen molar-refractivity contribution >= 4 is 44.6 Å². The number of aliphatic hydroxyl groups is 1. The number of allylic oxidation sites excluding steroid dienone is 1. The molecule has 10 heteroatoms. The first-order valence-corrected chi connectivity index (χ1v) is 19.2. The Hall–Kier alpha value is -2.85. The van der Waals surface area contributed by atoms with Gasteiger partial charge in [-0.25, -0.2) is 13.1 Å². The van der Waals surface area contributed by atoms with E-state index in [-0.39, 0.29) is 28.7 Å². The summed E-state index contributed by atoms with van der Waals surface area (Å²) in [5.74, 6) is 0.141. The smallest absolute Gasteiger partial charge is 0.264 e. The highest BCUT2D eigenvalue weighted by Gasteiger charge is 2.44. The third kappa shape index (κ3) is 6.12. The topological polar surface area (TPSA) is 95.9 Å². The van der Waals surface area contributed by atoms with E-state index in [0.29, 0.717) is 38.3 Å². The molecule has 1 aromatic heterocycles. The molecule has 2 aliphatic heterocycles. The molecular weight excluding hydrogens is 640 g/mol. The summed E-state index contributed by atoms with van der Waals surface area (Å²) in [5.41, 5.74) is 4.23. The zero-order valence-electron chi connectivity index (χ0n) is 26.0. The molecule has 7 nitrogen and oxygen atoms in total. The first kappa shape index (κ1) is 31.7. The van der Waals surface area contributed by atoms with Gasteiger partial charge >= 0.3 is 0 Å². The van der Waals surface area contributed by atoms with Gasteiger partial charge in [0.2, 0.25) is 10.0 Å². The Labute approximate surface area is 280 Å². The molecular formula is C36H41ClN2O5S2. The third-order valence-electron chi connectivity index (χ3n) is 10.8. The molecule has 244 valence electrons. The van der Waals surface area contributed by atoms with E-state index < -0.39 is 27.3 Å². The highest BCUT2D eigenvalue weighted by molar-refractivity contribution is 7.90. The van der Waals surface area contributed by atoms with Crippen LogP contribution in [0.3, 0.4) is 0 Å². The Bertz CT molecular complexity index is 1740. The van der Waals surface area contributed by atoms with Crippen molar-refractivity contribution in [3.05, 3.63) is 92.7 Å². The summed E-state index contributed by atoms with van der Waals surface area (Å²) in [5, 5.41) is 15.1. The number of aliphatic hydroxyl groups excluding tert-OH is 1. The van der Waals surface area contributed by atoms with Gasteiger partial charge in [-0.15, -0.1) is 0 Å². The van der Waals surface area contributed by atoms with Crippen molar-refractivity contribution in [1.82, 2.24) is 4.72 Å². The van der Waals surface area contributed by atoms with E-state index >= 15 is 0 Å². The third-order valence-corrected chi connectivity index (χ3v) is 13.7. The van der Waals surface area contributed by atoms with Crippen LogP contribution in [-0.2, 0) is 28.3 Å². The number of fused-ring (bicyclic) bond motifs is 4. The molecule has 0 saturated heterocycles. The molecule has 1 spiro atoms. The molecule has 3 aromatic rings. The molecule has 7 rings (SSSR count). The summed E-state index contributed by atoms with van der Waals surface area (Å²) >= 11 is 7.93. The molecule has 2 N–H and O–H groups in total. The standard InChI is InChI=1S/C36H41ClN2O5S2/c1-23-4-2-6-32(40)29-10-7-27(29)19-39-21-36(14-3-5-25-17-28(37)9-11-30(25)36)22-44-33-12-8-26(18-31(33)39)35(41)38-46(42,43)34(23)16-24-13-15-45-20-24/h2,6,8-9,11-13,15,17-18,20,23,27,29,32,34,40H,3-5,7,10,14,16,19,21-22H2,1H3,(H,38,41)/b6-2-/t23-,27-,29+,32-,34-,36-/m0/s1. The van der Waals surface area contributed by atoms with Crippen LogP contribution in [0.5, 0.6) is 5.75 Å². The lowest BCUT2D eigenvalue weighted by Crippen LogP contribution is -2.49. The second kappa shape index (κ2) is 12.6. The number of ether oxygens (including phenoxy) is 1. The van der Waals surface area contributed by atoms with Crippen LogP contribution in [0.25, 0.3) is 0 Å². The van der Waals surface area contributed by atoms with Gasteiger partial charge in [0.25, 0.3) is 5.91 Å². The van der Waals surface area contributed by atoms with Crippen molar-refractivity contribution in [3.8, 4) is 5.75 Å². The van der Waals surface area contributed by atoms with Crippen LogP contribution in [0.2, 0.25) is 5.02 Å². The minimum atomic E-state index is -4.04. The van der Waals surface area contributed by atoms with Crippen LogP contribution in [0.15, 0.2) is 65.4 Å². The van der Waals surface area contributed by atoms with E-state index in [1.54, 1.807) is 18.2 Å². The van der Waals surface area contributed by atoms with E-state index in [9.17, 15) is 18.3 Å². The van der Waals surface area contributed by atoms with Gasteiger partial charge in [-0.3, -0.25) is 4.79 Å². The number of sulfonamides is 1. The number of rotatable bonds is 2. The molecule has 2 aromatic carbocycles. The largest absolute Gasteiger partial charge is 0.490 e. The minimum Gasteiger partial charge on any atom is -0.490 e. The maximum atomic E-state index is 13.9. The summed E-state index contributed by atoms with van der Waals surface area (Å²) in [6.45, 7) is 3.79. The van der Waals surface area contributed by atoms with Gasteiger partial charge in [0.1, 0.15) is 5.75 Å². The molecule has 1 amide bonds. The second-order valence-corrected chi connectivity index (χ2v) is 16.9. The number of nitrogens with one attached hydrogen (secondary N) is 1. The number of benzene rings is 2. The number of carbonyl (C=O) groups is 1. The average molecular weight is 681 g/mol. The molecule has 0 unspecified atom stereocenters. The van der Waals surface area contributed by atoms with Crippen molar-refractivity contribution in [3.63, 3.8) is 0 Å². The van der Waals surface area contributed by atoms with Gasteiger partial charge in [-0.2, -0.15) is 11.3 Å². The summed E-state index contributed by atoms with van der Waals surface area (Å²) in [7, 11) is -4.04. The predicted octanol–water partition coefficient (Wildman–Crippen LogP) is 6.53. The lowest BCUT2D eigenvalue weighted by atomic mass is 9.68. The number of amides is 1. The summed E-state index contributed by atoms with van der Waals surface area (Å²) < 4.78 is 36.7. The van der Waals surface area contributed by atoms with E-state index in [0.717, 1.165) is 48.4 Å². The Morgan fingerprint density at radius 3 is 2.83 bits per heavy atom. The van der Waals surface area contributed by atoms with E-state index in [2.05, 4.69) is 21.8 Å². The van der Waals surface area contributed by atoms with E-state index in [4.69, 9.17) is 16.3 Å². The highest BCUT2D eigenvalue weighted by Crippen LogP contribution is 2.47. The lowest BCUT2D eigenvalue weighted by Gasteiger charge is -2.45. The van der Waals surface area contributed by atoms with Crippen LogP contribution in [0.1, 0.15) is 66.1 Å². The molecule has 3 heterocycles. The van der Waals surface area contributed by atoms with Crippen molar-refractivity contribution in [2.45, 2.75) is 68.6 Å². The van der Waals surface area contributed by atoms with Crippen LogP contribution in [0.4, 0.5) is 5.69 Å². The van der Waals surface area contributed by atoms with E-state index in [1.807, 2.05) is 42.0 Å². The van der Waals surface area contributed by atoms with Crippen molar-refractivity contribution in [2.24, 2.45) is 17.8 Å². The quantitative estimate of drug-likeness (QED) is 0.299. The monoisotopic (exact) mass is 680 g/mol. The van der Waals surface area contributed by atoms with Gasteiger partial charge in [0, 0.05) is 29.1 Å². The maximum absolute atomic E-state index is 13.9. The van der Waals surface area contributed by atoms with Gasteiger partial charge in [-0.05, 0) is 127 Å². The minimum absolute atomic E-state index is 0.109. The Balaban J connectivity index is 1.28. The molecule has 2 bridgehead atoms. The maximum Gasteiger partial charge on any atom is 0.264 e. The van der Waals surface area contributed by atoms with E-state index in [1.165, 1.54) is 22.5 Å². The molecule has 0 radical (unpaired) electrons. The number of aryl methyl sites for hydroxylation is 1. The number of carbonyl (C=O) groups excluding carboxylic acids is 1. The summed E-state index contributed by atoms with van der Waals surface area (Å²) in [4.78, 5) is 16.0. The average Bonchev–Trinajstić information content (AvgIpc) is 3.47. The summed E-state index contributed by atoms with van der Waals surface area (Å²) in [6, 6.07) is 13.4. The van der Waals surface area contributed by atoms with Gasteiger partial charge in [0.15, 0.2) is 0 Å². The Morgan fingerprint density at radius 1 is 1.17 bits per heavy atom. The first-order valence-electron chi connectivity index (χ1n) is 16.3. The van der Waals surface area contributed by atoms with Crippen LogP contribution in [0, 0.1) is 17.8 Å². The first-order chi connectivity index (χ1) is 22.1. The van der Waals surface area contributed by atoms with Gasteiger partial charge in [-0.1, -0.05) is 36.7 Å². The number of nitrogens with zero attached hydrogens (tertiary/aromatic N) is 1. The summed E-state index contributed by atoms with van der Waals surface area (Å²) in [6.07, 6.45) is 8.85. The number of hydrogen-bond donors (Lipinski definition) is 2. The number of anilines is 1. The highest BCUT2D eigenvalue weighted by atomic mass is 35.5.